The van der Waals surface area contributed by atoms with Crippen LogP contribution in [0.2, 0.25) is 0 Å². The van der Waals surface area contributed by atoms with E-state index < -0.39 is 0 Å². The summed E-state index contributed by atoms with van der Waals surface area (Å²) in [4.78, 5) is 1.40. The van der Waals surface area contributed by atoms with Gasteiger partial charge in [-0.25, -0.2) is 0 Å². The first-order valence-electron chi connectivity index (χ1n) is 4.71. The fraction of sp³-hybridized carbons (Fsp3) is 0.600. The summed E-state index contributed by atoms with van der Waals surface area (Å²) in [6, 6.07) is 2.17. The van der Waals surface area contributed by atoms with Gasteiger partial charge in [-0.3, -0.25) is 0 Å². The van der Waals surface area contributed by atoms with Crippen molar-refractivity contribution in [1.29, 1.82) is 0 Å². The van der Waals surface area contributed by atoms with E-state index in [0.717, 1.165) is 13.0 Å². The van der Waals surface area contributed by atoms with Crippen LogP contribution in [0.4, 0.5) is 0 Å². The molecule has 0 fully saturated rings. The molecule has 14 heavy (non-hydrogen) atoms. The van der Waals surface area contributed by atoms with E-state index in [-0.39, 0.29) is 5.54 Å². The Morgan fingerprint density at radius 1 is 1.57 bits per heavy atom. The summed E-state index contributed by atoms with van der Waals surface area (Å²) in [6.45, 7) is 5.90. The Kier molecular flexibility index (Phi) is 4.57. The van der Waals surface area contributed by atoms with Crippen molar-refractivity contribution >= 4 is 27.3 Å². The van der Waals surface area contributed by atoms with E-state index in [4.69, 9.17) is 5.73 Å². The van der Waals surface area contributed by atoms with Gasteiger partial charge in [-0.15, -0.1) is 11.3 Å². The molecule has 0 saturated heterocycles. The third-order valence-electron chi connectivity index (χ3n) is 2.11. The molecule has 80 valence electrons. The average molecular weight is 277 g/mol. The SMILES string of the molecule is CC(C)(CN)NCCc1cc(Br)cs1. The molecule has 0 atom stereocenters. The lowest BCUT2D eigenvalue weighted by atomic mass is 10.1. The first kappa shape index (κ1) is 12.2. The first-order chi connectivity index (χ1) is 6.53. The molecular formula is C10H17BrN2S. The Morgan fingerprint density at radius 2 is 2.29 bits per heavy atom. The van der Waals surface area contributed by atoms with Crippen molar-refractivity contribution in [3.63, 3.8) is 0 Å². The van der Waals surface area contributed by atoms with E-state index in [1.54, 1.807) is 11.3 Å². The molecule has 2 nitrogen and oxygen atoms in total. The van der Waals surface area contributed by atoms with Gasteiger partial charge >= 0.3 is 0 Å². The second-order valence-corrected chi connectivity index (χ2v) is 5.91. The molecule has 0 aliphatic heterocycles. The maximum absolute atomic E-state index is 5.62. The number of nitrogens with two attached hydrogens (primary N) is 1. The van der Waals surface area contributed by atoms with Crippen molar-refractivity contribution in [1.82, 2.24) is 5.32 Å². The van der Waals surface area contributed by atoms with Gasteiger partial charge in [-0.05, 0) is 42.3 Å². The van der Waals surface area contributed by atoms with Crippen molar-refractivity contribution in [3.05, 3.63) is 20.8 Å². The lowest BCUT2D eigenvalue weighted by Crippen LogP contribution is -2.46. The maximum atomic E-state index is 5.62. The zero-order chi connectivity index (χ0) is 10.6. The summed E-state index contributed by atoms with van der Waals surface area (Å²) in [5.74, 6) is 0. The number of rotatable bonds is 5. The van der Waals surface area contributed by atoms with E-state index in [2.05, 4.69) is 46.5 Å². The Bertz CT molecular complexity index is 283. The van der Waals surface area contributed by atoms with Crippen molar-refractivity contribution < 1.29 is 0 Å². The van der Waals surface area contributed by atoms with Gasteiger partial charge in [0, 0.05) is 33.4 Å². The third kappa shape index (κ3) is 4.09. The van der Waals surface area contributed by atoms with Crippen molar-refractivity contribution in [2.75, 3.05) is 13.1 Å². The molecule has 3 N–H and O–H groups in total. The molecular weight excluding hydrogens is 260 g/mol. The summed E-state index contributed by atoms with van der Waals surface area (Å²) in [7, 11) is 0. The first-order valence-corrected chi connectivity index (χ1v) is 6.39. The van der Waals surface area contributed by atoms with Gasteiger partial charge in [0.1, 0.15) is 0 Å². The number of hydrogen-bond acceptors (Lipinski definition) is 3. The van der Waals surface area contributed by atoms with Gasteiger partial charge < -0.3 is 11.1 Å². The Balaban J connectivity index is 2.28. The van der Waals surface area contributed by atoms with Gasteiger partial charge in [0.05, 0.1) is 0 Å². The number of nitrogens with one attached hydrogen (secondary N) is 1. The molecule has 0 amide bonds. The molecule has 0 aliphatic rings. The van der Waals surface area contributed by atoms with Crippen LogP contribution in [-0.2, 0) is 6.42 Å². The predicted octanol–water partition coefficient (Wildman–Crippen LogP) is 2.38. The molecule has 1 heterocycles. The largest absolute Gasteiger partial charge is 0.329 e. The van der Waals surface area contributed by atoms with Crippen LogP contribution in [0, 0.1) is 0 Å². The molecule has 1 aromatic rings. The molecule has 1 rings (SSSR count). The molecule has 0 saturated carbocycles. The second-order valence-electron chi connectivity index (χ2n) is 4.00. The molecule has 1 aromatic heterocycles. The van der Waals surface area contributed by atoms with Gasteiger partial charge in [-0.2, -0.15) is 0 Å². The van der Waals surface area contributed by atoms with Crippen molar-refractivity contribution in [3.8, 4) is 0 Å². The summed E-state index contributed by atoms with van der Waals surface area (Å²) >= 11 is 5.24. The maximum Gasteiger partial charge on any atom is 0.0285 e. The zero-order valence-electron chi connectivity index (χ0n) is 8.64. The van der Waals surface area contributed by atoms with Crippen LogP contribution in [0.3, 0.4) is 0 Å². The number of thiophene rings is 1. The topological polar surface area (TPSA) is 38.0 Å². The van der Waals surface area contributed by atoms with Crippen LogP contribution in [0.25, 0.3) is 0 Å². The molecule has 0 aliphatic carbocycles. The molecule has 0 unspecified atom stereocenters. The van der Waals surface area contributed by atoms with Gasteiger partial charge in [0.25, 0.3) is 0 Å². The van der Waals surface area contributed by atoms with Crippen LogP contribution < -0.4 is 11.1 Å². The second kappa shape index (κ2) is 5.26. The van der Waals surface area contributed by atoms with E-state index in [0.29, 0.717) is 6.54 Å². The Morgan fingerprint density at radius 3 is 2.79 bits per heavy atom. The number of hydrogen-bond donors (Lipinski definition) is 2. The van der Waals surface area contributed by atoms with E-state index in [1.165, 1.54) is 9.35 Å². The minimum absolute atomic E-state index is 0.0501. The van der Waals surface area contributed by atoms with Crippen molar-refractivity contribution in [2.45, 2.75) is 25.8 Å². The van der Waals surface area contributed by atoms with E-state index in [1.807, 2.05) is 0 Å². The summed E-state index contributed by atoms with van der Waals surface area (Å²) in [5.41, 5.74) is 5.67. The highest BCUT2D eigenvalue weighted by molar-refractivity contribution is 9.10. The standard InChI is InChI=1S/C10H17BrN2S/c1-10(2,7-12)13-4-3-9-5-8(11)6-14-9/h5-6,13H,3-4,7,12H2,1-2H3. The van der Waals surface area contributed by atoms with E-state index >= 15 is 0 Å². The minimum Gasteiger partial charge on any atom is -0.329 e. The number of halogens is 1. The zero-order valence-corrected chi connectivity index (χ0v) is 11.0. The lowest BCUT2D eigenvalue weighted by Gasteiger charge is -2.23. The quantitative estimate of drug-likeness (QED) is 0.867. The summed E-state index contributed by atoms with van der Waals surface area (Å²) in [6.07, 6.45) is 1.07. The highest BCUT2D eigenvalue weighted by Crippen LogP contribution is 2.19. The van der Waals surface area contributed by atoms with Crippen LogP contribution in [-0.4, -0.2) is 18.6 Å². The fourth-order valence-electron chi connectivity index (χ4n) is 1.08. The molecule has 4 heteroatoms. The average Bonchev–Trinajstić information content (AvgIpc) is 2.51. The highest BCUT2D eigenvalue weighted by Gasteiger charge is 2.13. The fourth-order valence-corrected chi connectivity index (χ4v) is 2.54. The molecule has 0 bridgehead atoms. The Labute approximate surface area is 98.0 Å². The molecule has 0 radical (unpaired) electrons. The highest BCUT2D eigenvalue weighted by atomic mass is 79.9. The summed E-state index contributed by atoms with van der Waals surface area (Å²) < 4.78 is 1.18. The normalized spacial score (nSPS) is 12.0. The molecule has 0 aromatic carbocycles. The van der Waals surface area contributed by atoms with Gasteiger partial charge in [-0.1, -0.05) is 0 Å². The minimum atomic E-state index is 0.0501. The predicted molar refractivity (Wildman–Crippen MR) is 66.9 cm³/mol. The van der Waals surface area contributed by atoms with Crippen LogP contribution in [0.15, 0.2) is 15.9 Å². The smallest absolute Gasteiger partial charge is 0.0285 e. The monoisotopic (exact) mass is 276 g/mol. The van der Waals surface area contributed by atoms with E-state index in [9.17, 15) is 0 Å². The molecule has 0 spiro atoms. The van der Waals surface area contributed by atoms with Crippen molar-refractivity contribution in [2.24, 2.45) is 5.73 Å². The Hall–Kier alpha value is 0.1000. The van der Waals surface area contributed by atoms with Crippen LogP contribution in [0.5, 0.6) is 0 Å². The summed E-state index contributed by atoms with van der Waals surface area (Å²) in [5, 5.41) is 5.55. The van der Waals surface area contributed by atoms with Gasteiger partial charge in [0.15, 0.2) is 0 Å². The van der Waals surface area contributed by atoms with Crippen LogP contribution in [0.1, 0.15) is 18.7 Å². The van der Waals surface area contributed by atoms with Gasteiger partial charge in [0.2, 0.25) is 0 Å². The van der Waals surface area contributed by atoms with Crippen LogP contribution >= 0.6 is 27.3 Å². The lowest BCUT2D eigenvalue weighted by molar-refractivity contribution is 0.402. The third-order valence-corrected chi connectivity index (χ3v) is 3.86.